The second kappa shape index (κ2) is 15.6. The summed E-state index contributed by atoms with van der Waals surface area (Å²) in [5, 5.41) is 33.0. The van der Waals surface area contributed by atoms with Gasteiger partial charge in [-0.05, 0) is 67.5 Å². The lowest BCUT2D eigenvalue weighted by Gasteiger charge is -2.20. The number of hydrogen-bond acceptors (Lipinski definition) is 5. The van der Waals surface area contributed by atoms with Gasteiger partial charge in [0.1, 0.15) is 11.5 Å². The number of carboxylic acids is 1. The van der Waals surface area contributed by atoms with Gasteiger partial charge in [-0.15, -0.1) is 0 Å². The van der Waals surface area contributed by atoms with Crippen molar-refractivity contribution in [1.82, 2.24) is 9.88 Å². The zero-order valence-corrected chi connectivity index (χ0v) is 25.9. The van der Waals surface area contributed by atoms with E-state index in [1.165, 1.54) is 12.1 Å². The van der Waals surface area contributed by atoms with Gasteiger partial charge in [0.05, 0.1) is 25.2 Å². The Morgan fingerprint density at radius 2 is 1.49 bits per heavy atom. The maximum absolute atomic E-state index is 14.2. The molecule has 3 aromatic carbocycles. The van der Waals surface area contributed by atoms with Crippen LogP contribution in [-0.4, -0.2) is 51.1 Å². The lowest BCUT2D eigenvalue weighted by Crippen LogP contribution is -2.27. The van der Waals surface area contributed by atoms with Gasteiger partial charge in [-0.3, -0.25) is 9.59 Å². The summed E-state index contributed by atoms with van der Waals surface area (Å²) in [6.07, 6.45) is -2.18. The average molecular weight is 617 g/mol. The first kappa shape index (κ1) is 33.6. The van der Waals surface area contributed by atoms with Crippen LogP contribution in [0.2, 0.25) is 0 Å². The third-order valence-electron chi connectivity index (χ3n) is 7.69. The van der Waals surface area contributed by atoms with Crippen LogP contribution in [0.4, 0.5) is 4.39 Å². The zero-order chi connectivity index (χ0) is 32.5. The van der Waals surface area contributed by atoms with Gasteiger partial charge in [-0.2, -0.15) is 0 Å². The number of ether oxygens (including phenoxy) is 1. The minimum absolute atomic E-state index is 0.0946. The highest BCUT2D eigenvalue weighted by molar-refractivity contribution is 6.05. The number of nitrogens with one attached hydrogen (secondary N) is 1. The molecule has 0 aliphatic rings. The van der Waals surface area contributed by atoms with Crippen LogP contribution in [0, 0.1) is 5.82 Å². The molecule has 1 heterocycles. The van der Waals surface area contributed by atoms with Crippen molar-refractivity contribution in [2.75, 3.05) is 7.11 Å². The molecule has 0 aliphatic heterocycles. The van der Waals surface area contributed by atoms with Crippen LogP contribution in [0.1, 0.15) is 66.5 Å². The molecule has 45 heavy (non-hydrogen) atoms. The number of hydrogen-bond donors (Lipinski definition) is 4. The number of aliphatic hydroxyl groups excluding tert-OH is 2. The van der Waals surface area contributed by atoms with Crippen molar-refractivity contribution >= 4 is 11.9 Å². The zero-order valence-electron chi connectivity index (χ0n) is 25.9. The number of amides is 1. The number of aliphatic carboxylic acids is 1. The van der Waals surface area contributed by atoms with E-state index >= 15 is 0 Å². The van der Waals surface area contributed by atoms with Crippen molar-refractivity contribution in [2.45, 2.75) is 70.9 Å². The Kier molecular flexibility index (Phi) is 11.6. The molecule has 0 aliphatic carbocycles. The molecule has 0 radical (unpaired) electrons. The summed E-state index contributed by atoms with van der Waals surface area (Å²) in [5.41, 5.74) is 6.14. The molecule has 0 unspecified atom stereocenters. The van der Waals surface area contributed by atoms with Crippen LogP contribution in [0.15, 0.2) is 78.9 Å². The molecular formula is C36H41FN2O6. The summed E-state index contributed by atoms with van der Waals surface area (Å²) < 4.78 is 21.3. The van der Waals surface area contributed by atoms with E-state index in [-0.39, 0.29) is 30.6 Å². The second-order valence-electron chi connectivity index (χ2n) is 11.5. The Balaban J connectivity index is 1.81. The molecule has 8 nitrogen and oxygen atoms in total. The largest absolute Gasteiger partial charge is 0.481 e. The maximum Gasteiger partial charge on any atom is 0.305 e. The molecule has 0 bridgehead atoms. The highest BCUT2D eigenvalue weighted by atomic mass is 19.1. The van der Waals surface area contributed by atoms with E-state index < -0.39 is 24.6 Å². The summed E-state index contributed by atoms with van der Waals surface area (Å²) in [6.45, 7) is 4.75. The van der Waals surface area contributed by atoms with Gasteiger partial charge in [0.15, 0.2) is 0 Å². The van der Waals surface area contributed by atoms with Gasteiger partial charge in [0.25, 0.3) is 5.91 Å². The van der Waals surface area contributed by atoms with E-state index in [4.69, 9.17) is 9.84 Å². The summed E-state index contributed by atoms with van der Waals surface area (Å²) in [5.74, 6) is -1.81. The summed E-state index contributed by atoms with van der Waals surface area (Å²) in [6, 6.07) is 23.3. The van der Waals surface area contributed by atoms with Gasteiger partial charge in [-0.25, -0.2) is 4.39 Å². The molecule has 0 saturated carbocycles. The highest BCUT2D eigenvalue weighted by Crippen LogP contribution is 2.42. The number of carbonyl (C=O) groups is 2. The van der Waals surface area contributed by atoms with Crippen LogP contribution in [0.25, 0.3) is 22.3 Å². The fourth-order valence-corrected chi connectivity index (χ4v) is 5.70. The number of carboxylic acid groups (broad SMARTS) is 1. The van der Waals surface area contributed by atoms with E-state index in [1.54, 1.807) is 19.2 Å². The smallest absolute Gasteiger partial charge is 0.305 e. The Bertz CT molecular complexity index is 1570. The van der Waals surface area contributed by atoms with Crippen molar-refractivity contribution in [3.63, 3.8) is 0 Å². The summed E-state index contributed by atoms with van der Waals surface area (Å²) in [4.78, 5) is 25.2. The normalized spacial score (nSPS) is 12.7. The molecule has 0 saturated heterocycles. The first-order valence-electron chi connectivity index (χ1n) is 15.1. The van der Waals surface area contributed by atoms with Gasteiger partial charge in [-0.1, -0.05) is 66.7 Å². The summed E-state index contributed by atoms with van der Waals surface area (Å²) >= 11 is 0. The number of aliphatic hydroxyl groups is 2. The third kappa shape index (κ3) is 8.66. The van der Waals surface area contributed by atoms with Crippen molar-refractivity contribution < 1.29 is 34.0 Å². The Hall–Kier alpha value is -4.31. The highest BCUT2D eigenvalue weighted by Gasteiger charge is 2.30. The first-order valence-corrected chi connectivity index (χ1v) is 15.1. The topological polar surface area (TPSA) is 121 Å². The lowest BCUT2D eigenvalue weighted by atomic mass is 9.92. The molecule has 0 fully saturated rings. The molecule has 1 aromatic heterocycles. The molecule has 4 aromatic rings. The monoisotopic (exact) mass is 616 g/mol. The molecule has 1 amide bonds. The minimum Gasteiger partial charge on any atom is -0.481 e. The van der Waals surface area contributed by atoms with E-state index in [9.17, 15) is 24.2 Å². The van der Waals surface area contributed by atoms with Crippen molar-refractivity contribution in [2.24, 2.45) is 0 Å². The number of carbonyl (C=O) groups excluding carboxylic acids is 1. The molecular weight excluding hydrogens is 575 g/mol. The number of nitrogens with zero attached hydrogens (tertiary/aromatic N) is 1. The van der Waals surface area contributed by atoms with Crippen molar-refractivity contribution in [3.05, 3.63) is 107 Å². The van der Waals surface area contributed by atoms with Crippen LogP contribution < -0.4 is 5.32 Å². The van der Waals surface area contributed by atoms with Crippen LogP contribution >= 0.6 is 0 Å². The van der Waals surface area contributed by atoms with E-state index in [0.717, 1.165) is 27.9 Å². The maximum atomic E-state index is 14.2. The van der Waals surface area contributed by atoms with Crippen LogP contribution in [-0.2, 0) is 29.1 Å². The third-order valence-corrected chi connectivity index (χ3v) is 7.69. The molecule has 2 atom stereocenters. The predicted molar refractivity (Wildman–Crippen MR) is 171 cm³/mol. The Morgan fingerprint density at radius 3 is 2.09 bits per heavy atom. The van der Waals surface area contributed by atoms with Crippen molar-refractivity contribution in [3.8, 4) is 22.3 Å². The Labute approximate surface area is 263 Å². The van der Waals surface area contributed by atoms with E-state index in [1.807, 2.05) is 73.0 Å². The number of methoxy groups -OCH3 is 1. The fourth-order valence-electron chi connectivity index (χ4n) is 5.70. The lowest BCUT2D eigenvalue weighted by molar-refractivity contribution is -0.139. The van der Waals surface area contributed by atoms with Crippen molar-refractivity contribution in [1.29, 1.82) is 0 Å². The number of aromatic nitrogens is 1. The van der Waals surface area contributed by atoms with Gasteiger partial charge in [0.2, 0.25) is 0 Å². The SMILES string of the molecule is COCc1ccc(CNC(=O)c2c(-c3ccccc3)c(-c3ccc(F)cc3)c(CC[C@@H](O)C[C@@H](O)CC(=O)O)n2C(C)C)cc1. The molecule has 0 spiro atoms. The molecule has 9 heteroatoms. The number of rotatable bonds is 15. The summed E-state index contributed by atoms with van der Waals surface area (Å²) in [7, 11) is 1.64. The molecule has 4 N–H and O–H groups in total. The number of benzene rings is 3. The molecule has 4 rings (SSSR count). The van der Waals surface area contributed by atoms with Gasteiger partial charge >= 0.3 is 5.97 Å². The first-order chi connectivity index (χ1) is 21.6. The average Bonchev–Trinajstić information content (AvgIpc) is 3.35. The van der Waals surface area contributed by atoms with Gasteiger partial charge in [0, 0.05) is 36.5 Å². The van der Waals surface area contributed by atoms with Gasteiger partial charge < -0.3 is 29.9 Å². The second-order valence-corrected chi connectivity index (χ2v) is 11.5. The van der Waals surface area contributed by atoms with E-state index in [0.29, 0.717) is 36.4 Å². The quantitative estimate of drug-likeness (QED) is 0.127. The fraction of sp³-hybridized carbons (Fsp3) is 0.333. The standard InChI is InChI=1S/C36H41FN2O6/c1-23(2)39-31(18-17-29(40)19-30(41)20-32(42)43)33(27-13-15-28(37)16-14-27)34(26-7-5-4-6-8-26)35(39)36(44)38-21-24-9-11-25(12-10-24)22-45-3/h4-16,23,29-30,40-41H,17-22H2,1-3H3,(H,38,44)(H,42,43)/t29-,30-/m1/s1. The predicted octanol–water partition coefficient (Wildman–Crippen LogP) is 6.14. The van der Waals surface area contributed by atoms with Crippen LogP contribution in [0.3, 0.4) is 0 Å². The molecule has 238 valence electrons. The number of halogens is 1. The minimum atomic E-state index is -1.18. The Morgan fingerprint density at radius 1 is 0.867 bits per heavy atom. The van der Waals surface area contributed by atoms with E-state index in [2.05, 4.69) is 5.32 Å². The van der Waals surface area contributed by atoms with Crippen LogP contribution in [0.5, 0.6) is 0 Å².